The predicted octanol–water partition coefficient (Wildman–Crippen LogP) is 1.95. The van der Waals surface area contributed by atoms with Crippen molar-refractivity contribution in [3.8, 4) is 0 Å². The van der Waals surface area contributed by atoms with E-state index in [4.69, 9.17) is 21.1 Å². The summed E-state index contributed by atoms with van der Waals surface area (Å²) in [6, 6.07) is 7.56. The van der Waals surface area contributed by atoms with Crippen molar-refractivity contribution in [3.63, 3.8) is 0 Å². The number of amides is 1. The molecule has 0 N–H and O–H groups in total. The Balaban J connectivity index is 1.53. The summed E-state index contributed by atoms with van der Waals surface area (Å²) >= 11 is 6.12. The summed E-state index contributed by atoms with van der Waals surface area (Å²) in [6.07, 6.45) is 1.39. The number of halogens is 1. The number of ether oxygens (including phenoxy) is 2. The van der Waals surface area contributed by atoms with Crippen LogP contribution in [0.4, 0.5) is 4.79 Å². The van der Waals surface area contributed by atoms with Gasteiger partial charge in [-0.25, -0.2) is 9.48 Å². The summed E-state index contributed by atoms with van der Waals surface area (Å²) in [5.41, 5.74) is 1.55. The summed E-state index contributed by atoms with van der Waals surface area (Å²) in [5.74, 6) is 0. The molecule has 8 heteroatoms. The normalized spacial score (nSPS) is 14.7. The highest BCUT2D eigenvalue weighted by molar-refractivity contribution is 6.31. The maximum absolute atomic E-state index is 11.9. The molecule has 7 nitrogen and oxygen atoms in total. The Morgan fingerprint density at radius 1 is 1.30 bits per heavy atom. The second kappa shape index (κ2) is 7.43. The van der Waals surface area contributed by atoms with Crippen LogP contribution >= 0.6 is 11.6 Å². The lowest BCUT2D eigenvalue weighted by molar-refractivity contribution is 0.0246. The lowest BCUT2D eigenvalue weighted by atomic mass is 10.2. The molecule has 122 valence electrons. The van der Waals surface area contributed by atoms with Gasteiger partial charge in [0, 0.05) is 18.1 Å². The molecule has 3 rings (SSSR count). The van der Waals surface area contributed by atoms with Crippen LogP contribution < -0.4 is 0 Å². The van der Waals surface area contributed by atoms with Gasteiger partial charge in [-0.1, -0.05) is 35.0 Å². The molecule has 1 saturated heterocycles. The van der Waals surface area contributed by atoms with Crippen LogP contribution in [0.1, 0.15) is 11.3 Å². The molecule has 1 amide bonds. The van der Waals surface area contributed by atoms with Crippen LogP contribution in [0.2, 0.25) is 5.02 Å². The van der Waals surface area contributed by atoms with Crippen LogP contribution in [0.15, 0.2) is 30.5 Å². The zero-order chi connectivity index (χ0) is 16.1. The molecule has 0 unspecified atom stereocenters. The quantitative estimate of drug-likeness (QED) is 0.853. The highest BCUT2D eigenvalue weighted by Crippen LogP contribution is 2.15. The minimum absolute atomic E-state index is 0.0959. The third-order valence-electron chi connectivity index (χ3n) is 3.49. The molecule has 0 radical (unpaired) electrons. The number of carbonyl (C=O) groups excluding carboxylic acids is 1. The van der Waals surface area contributed by atoms with Gasteiger partial charge in [0.15, 0.2) is 0 Å². The Bertz CT molecular complexity index is 670. The van der Waals surface area contributed by atoms with Gasteiger partial charge in [-0.3, -0.25) is 0 Å². The van der Waals surface area contributed by atoms with E-state index in [2.05, 4.69) is 10.3 Å². The van der Waals surface area contributed by atoms with Crippen LogP contribution in [-0.2, 0) is 22.6 Å². The second-order valence-corrected chi connectivity index (χ2v) is 5.56. The van der Waals surface area contributed by atoms with Gasteiger partial charge in [-0.15, -0.1) is 5.10 Å². The average Bonchev–Trinajstić information content (AvgIpc) is 3.03. The van der Waals surface area contributed by atoms with Crippen molar-refractivity contribution in [2.45, 2.75) is 13.2 Å². The average molecular weight is 337 g/mol. The van der Waals surface area contributed by atoms with Crippen LogP contribution in [-0.4, -0.2) is 52.3 Å². The number of rotatable bonds is 4. The molecular formula is C15H17ClN4O3. The molecule has 0 bridgehead atoms. The fraction of sp³-hybridized carbons (Fsp3) is 0.400. The summed E-state index contributed by atoms with van der Waals surface area (Å²) < 4.78 is 12.1. The van der Waals surface area contributed by atoms with Crippen molar-refractivity contribution < 1.29 is 14.3 Å². The second-order valence-electron chi connectivity index (χ2n) is 5.15. The van der Waals surface area contributed by atoms with E-state index in [0.29, 0.717) is 43.6 Å². The van der Waals surface area contributed by atoms with Crippen molar-refractivity contribution in [1.29, 1.82) is 0 Å². The van der Waals surface area contributed by atoms with Crippen LogP contribution in [0.5, 0.6) is 0 Å². The Labute approximate surface area is 138 Å². The van der Waals surface area contributed by atoms with Crippen molar-refractivity contribution >= 4 is 17.7 Å². The van der Waals surface area contributed by atoms with Gasteiger partial charge in [-0.05, 0) is 11.6 Å². The Kier molecular flexibility index (Phi) is 5.09. The summed E-state index contributed by atoms with van der Waals surface area (Å²) in [5, 5.41) is 8.72. The van der Waals surface area contributed by atoms with E-state index >= 15 is 0 Å². The third-order valence-corrected chi connectivity index (χ3v) is 3.86. The first-order valence-corrected chi connectivity index (χ1v) is 7.72. The molecule has 0 aliphatic carbocycles. The molecule has 1 aromatic carbocycles. The largest absolute Gasteiger partial charge is 0.443 e. The molecule has 1 fully saturated rings. The predicted molar refractivity (Wildman–Crippen MR) is 83.2 cm³/mol. The van der Waals surface area contributed by atoms with Crippen molar-refractivity contribution in [2.24, 2.45) is 0 Å². The van der Waals surface area contributed by atoms with Crippen molar-refractivity contribution in [2.75, 3.05) is 26.3 Å². The molecule has 2 heterocycles. The Morgan fingerprint density at radius 3 is 2.87 bits per heavy atom. The number of hydrogen-bond donors (Lipinski definition) is 0. The van der Waals surface area contributed by atoms with Gasteiger partial charge < -0.3 is 14.4 Å². The first-order valence-electron chi connectivity index (χ1n) is 7.34. The molecule has 1 aliphatic heterocycles. The SMILES string of the molecule is O=C(OCc1cn(Cc2ccccc2Cl)nn1)N1CCOCC1. The Morgan fingerprint density at radius 2 is 2.09 bits per heavy atom. The molecule has 0 saturated carbocycles. The van der Waals surface area contributed by atoms with Gasteiger partial charge in [0.1, 0.15) is 12.3 Å². The number of nitrogens with zero attached hydrogens (tertiary/aromatic N) is 4. The molecular weight excluding hydrogens is 320 g/mol. The van der Waals surface area contributed by atoms with Crippen molar-refractivity contribution in [3.05, 3.63) is 46.7 Å². The van der Waals surface area contributed by atoms with Crippen LogP contribution in [0, 0.1) is 0 Å². The first-order chi connectivity index (χ1) is 11.2. The van der Waals surface area contributed by atoms with E-state index in [1.165, 1.54) is 0 Å². The molecule has 1 aromatic heterocycles. The summed E-state index contributed by atoms with van der Waals surface area (Å²) in [6.45, 7) is 2.81. The monoisotopic (exact) mass is 336 g/mol. The summed E-state index contributed by atoms with van der Waals surface area (Å²) in [4.78, 5) is 13.5. The van der Waals surface area contributed by atoms with E-state index in [0.717, 1.165) is 5.56 Å². The Hall–Kier alpha value is -2.12. The molecule has 1 aliphatic rings. The van der Waals surface area contributed by atoms with Gasteiger partial charge in [-0.2, -0.15) is 0 Å². The number of benzene rings is 1. The number of hydrogen-bond acceptors (Lipinski definition) is 5. The zero-order valence-electron chi connectivity index (χ0n) is 12.5. The van der Waals surface area contributed by atoms with Crippen LogP contribution in [0.3, 0.4) is 0 Å². The highest BCUT2D eigenvalue weighted by Gasteiger charge is 2.18. The van der Waals surface area contributed by atoms with E-state index in [-0.39, 0.29) is 12.7 Å². The van der Waals surface area contributed by atoms with Crippen molar-refractivity contribution in [1.82, 2.24) is 19.9 Å². The maximum Gasteiger partial charge on any atom is 0.410 e. The van der Waals surface area contributed by atoms with E-state index in [9.17, 15) is 4.79 Å². The van der Waals surface area contributed by atoms with Gasteiger partial charge in [0.25, 0.3) is 0 Å². The first kappa shape index (κ1) is 15.8. The van der Waals surface area contributed by atoms with Gasteiger partial charge in [0.05, 0.1) is 26.0 Å². The van der Waals surface area contributed by atoms with E-state index in [1.54, 1.807) is 15.8 Å². The molecule has 23 heavy (non-hydrogen) atoms. The molecule has 2 aromatic rings. The highest BCUT2D eigenvalue weighted by atomic mass is 35.5. The lowest BCUT2D eigenvalue weighted by Crippen LogP contribution is -2.40. The zero-order valence-corrected chi connectivity index (χ0v) is 13.3. The number of aromatic nitrogens is 3. The number of carbonyl (C=O) groups is 1. The lowest BCUT2D eigenvalue weighted by Gasteiger charge is -2.25. The third kappa shape index (κ3) is 4.20. The summed E-state index contributed by atoms with van der Waals surface area (Å²) in [7, 11) is 0. The fourth-order valence-corrected chi connectivity index (χ4v) is 2.45. The minimum atomic E-state index is -0.353. The molecule has 0 atom stereocenters. The standard InChI is InChI=1S/C15H17ClN4O3/c16-14-4-2-1-3-12(14)9-20-10-13(17-18-20)11-23-15(21)19-5-7-22-8-6-19/h1-4,10H,5-9,11H2. The number of morpholine rings is 1. The van der Waals surface area contributed by atoms with E-state index < -0.39 is 0 Å². The fourth-order valence-electron chi connectivity index (χ4n) is 2.26. The van der Waals surface area contributed by atoms with Gasteiger partial charge >= 0.3 is 6.09 Å². The van der Waals surface area contributed by atoms with Crippen LogP contribution in [0.25, 0.3) is 0 Å². The van der Waals surface area contributed by atoms with E-state index in [1.807, 2.05) is 24.3 Å². The minimum Gasteiger partial charge on any atom is -0.443 e. The molecule has 0 spiro atoms. The maximum atomic E-state index is 11.9. The van der Waals surface area contributed by atoms with Gasteiger partial charge in [0.2, 0.25) is 0 Å². The smallest absolute Gasteiger partial charge is 0.410 e. The topological polar surface area (TPSA) is 69.5 Å².